The standard InChI is InChI=1S/C21H27N3O4S/c1-17-7-10-20(24(25)26)16-21(17)29(27,28)22-13-5-6-18-8-11-19(12-9-18)23-14-3-2-4-15-23/h7-12,16,22H,2-6,13-15H2,1H3. The van der Waals surface area contributed by atoms with Gasteiger partial charge in [0.15, 0.2) is 0 Å². The Balaban J connectivity index is 1.53. The molecule has 8 heteroatoms. The molecule has 1 fully saturated rings. The Morgan fingerprint density at radius 1 is 1.07 bits per heavy atom. The van der Waals surface area contributed by atoms with E-state index in [0.717, 1.165) is 31.1 Å². The van der Waals surface area contributed by atoms with Gasteiger partial charge in [-0.2, -0.15) is 0 Å². The fraction of sp³-hybridized carbons (Fsp3) is 0.429. The zero-order valence-corrected chi connectivity index (χ0v) is 17.5. The van der Waals surface area contributed by atoms with Crippen molar-refractivity contribution >= 4 is 21.4 Å². The highest BCUT2D eigenvalue weighted by molar-refractivity contribution is 7.89. The summed E-state index contributed by atoms with van der Waals surface area (Å²) < 4.78 is 27.6. The molecule has 29 heavy (non-hydrogen) atoms. The summed E-state index contributed by atoms with van der Waals surface area (Å²) in [5, 5.41) is 10.9. The van der Waals surface area contributed by atoms with Crippen molar-refractivity contribution in [1.29, 1.82) is 0 Å². The van der Waals surface area contributed by atoms with Crippen molar-refractivity contribution in [3.63, 3.8) is 0 Å². The van der Waals surface area contributed by atoms with Crippen LogP contribution in [0.25, 0.3) is 0 Å². The van der Waals surface area contributed by atoms with Crippen LogP contribution in [0.3, 0.4) is 0 Å². The molecule has 2 aromatic rings. The number of nitrogens with zero attached hydrogens (tertiary/aromatic N) is 2. The maximum Gasteiger partial charge on any atom is 0.270 e. The second-order valence-corrected chi connectivity index (χ2v) is 9.16. The third-order valence-corrected chi connectivity index (χ3v) is 6.87. The molecule has 0 spiro atoms. The van der Waals surface area contributed by atoms with Crippen LogP contribution < -0.4 is 9.62 Å². The molecule has 2 aromatic carbocycles. The number of hydrogen-bond donors (Lipinski definition) is 1. The number of nitro groups is 1. The molecule has 0 radical (unpaired) electrons. The maximum absolute atomic E-state index is 12.5. The number of hydrogen-bond acceptors (Lipinski definition) is 5. The van der Waals surface area contributed by atoms with Crippen LogP contribution in [0.1, 0.15) is 36.8 Å². The molecule has 0 unspecified atom stereocenters. The minimum Gasteiger partial charge on any atom is -0.372 e. The van der Waals surface area contributed by atoms with Crippen molar-refractivity contribution in [3.8, 4) is 0 Å². The molecule has 0 aliphatic carbocycles. The summed E-state index contributed by atoms with van der Waals surface area (Å²) in [5.74, 6) is 0. The number of nitrogens with one attached hydrogen (secondary N) is 1. The highest BCUT2D eigenvalue weighted by Gasteiger charge is 2.20. The molecule has 1 saturated heterocycles. The van der Waals surface area contributed by atoms with E-state index in [1.807, 2.05) is 0 Å². The fourth-order valence-electron chi connectivity index (χ4n) is 3.59. The molecule has 0 saturated carbocycles. The zero-order chi connectivity index (χ0) is 20.9. The first kappa shape index (κ1) is 21.3. The molecular formula is C21H27N3O4S. The summed E-state index contributed by atoms with van der Waals surface area (Å²) in [6.07, 6.45) is 5.20. The van der Waals surface area contributed by atoms with Crippen molar-refractivity contribution < 1.29 is 13.3 Å². The van der Waals surface area contributed by atoms with Gasteiger partial charge in [0, 0.05) is 37.5 Å². The molecule has 3 rings (SSSR count). The molecule has 0 aromatic heterocycles. The summed E-state index contributed by atoms with van der Waals surface area (Å²) in [6.45, 7) is 4.12. The molecule has 1 aliphatic rings. The molecule has 156 valence electrons. The first-order valence-corrected chi connectivity index (χ1v) is 11.4. The highest BCUT2D eigenvalue weighted by atomic mass is 32.2. The Morgan fingerprint density at radius 2 is 1.76 bits per heavy atom. The third kappa shape index (κ3) is 5.55. The lowest BCUT2D eigenvalue weighted by Gasteiger charge is -2.28. The SMILES string of the molecule is Cc1ccc([N+](=O)[O-])cc1S(=O)(=O)NCCCc1ccc(N2CCCCC2)cc1. The Hall–Kier alpha value is -2.45. The summed E-state index contributed by atoms with van der Waals surface area (Å²) in [5.41, 5.74) is 2.66. The van der Waals surface area contributed by atoms with Gasteiger partial charge >= 0.3 is 0 Å². The van der Waals surface area contributed by atoms with Crippen molar-refractivity contribution in [1.82, 2.24) is 4.72 Å². The van der Waals surface area contributed by atoms with Gasteiger partial charge in [-0.25, -0.2) is 13.1 Å². The largest absolute Gasteiger partial charge is 0.372 e. The van der Waals surface area contributed by atoms with Crippen LogP contribution in [0.2, 0.25) is 0 Å². The number of non-ortho nitro benzene ring substituents is 1. The molecule has 0 amide bonds. The van der Waals surface area contributed by atoms with Gasteiger partial charge in [-0.15, -0.1) is 0 Å². The molecule has 0 bridgehead atoms. The summed E-state index contributed by atoms with van der Waals surface area (Å²) in [4.78, 5) is 12.7. The predicted molar refractivity (Wildman–Crippen MR) is 114 cm³/mol. The molecule has 0 atom stereocenters. The lowest BCUT2D eigenvalue weighted by atomic mass is 10.1. The van der Waals surface area contributed by atoms with E-state index in [-0.39, 0.29) is 17.1 Å². The van der Waals surface area contributed by atoms with Gasteiger partial charge in [-0.1, -0.05) is 18.2 Å². The Labute approximate surface area is 171 Å². The first-order valence-electron chi connectivity index (χ1n) is 9.95. The van der Waals surface area contributed by atoms with Crippen LogP contribution >= 0.6 is 0 Å². The summed E-state index contributed by atoms with van der Waals surface area (Å²) >= 11 is 0. The van der Waals surface area contributed by atoms with Gasteiger partial charge in [0.25, 0.3) is 5.69 Å². The van der Waals surface area contributed by atoms with Gasteiger partial charge in [-0.05, 0) is 62.3 Å². The first-order chi connectivity index (χ1) is 13.9. The van der Waals surface area contributed by atoms with E-state index in [9.17, 15) is 18.5 Å². The summed E-state index contributed by atoms with van der Waals surface area (Å²) in [7, 11) is -3.78. The van der Waals surface area contributed by atoms with Gasteiger partial charge < -0.3 is 4.90 Å². The van der Waals surface area contributed by atoms with E-state index >= 15 is 0 Å². The fourth-order valence-corrected chi connectivity index (χ4v) is 4.93. The topological polar surface area (TPSA) is 92.5 Å². The number of piperidine rings is 1. The predicted octanol–water partition coefficient (Wildman–Crippen LogP) is 3.80. The third-order valence-electron chi connectivity index (χ3n) is 5.26. The average Bonchev–Trinajstić information content (AvgIpc) is 2.72. The van der Waals surface area contributed by atoms with Crippen LogP contribution in [0.4, 0.5) is 11.4 Å². The van der Waals surface area contributed by atoms with Crippen LogP contribution in [-0.4, -0.2) is 33.0 Å². The molecule has 1 N–H and O–H groups in total. The van der Waals surface area contributed by atoms with E-state index in [0.29, 0.717) is 12.0 Å². The van der Waals surface area contributed by atoms with Crippen molar-refractivity contribution in [2.24, 2.45) is 0 Å². The monoisotopic (exact) mass is 417 g/mol. The quantitative estimate of drug-likeness (QED) is 0.401. The van der Waals surface area contributed by atoms with E-state index in [1.165, 1.54) is 37.1 Å². The van der Waals surface area contributed by atoms with Crippen molar-refractivity contribution in [3.05, 3.63) is 63.7 Å². The minimum absolute atomic E-state index is 0.0439. The number of sulfonamides is 1. The van der Waals surface area contributed by atoms with Crippen molar-refractivity contribution in [2.45, 2.75) is 43.9 Å². The van der Waals surface area contributed by atoms with E-state index in [2.05, 4.69) is 33.9 Å². The Kier molecular flexibility index (Phi) is 6.87. The van der Waals surface area contributed by atoms with Gasteiger partial charge in [0.1, 0.15) is 0 Å². The number of anilines is 1. The lowest BCUT2D eigenvalue weighted by molar-refractivity contribution is -0.385. The number of aryl methyl sites for hydroxylation is 2. The number of rotatable bonds is 8. The Morgan fingerprint density at radius 3 is 2.41 bits per heavy atom. The van der Waals surface area contributed by atoms with Crippen LogP contribution in [0.15, 0.2) is 47.4 Å². The second kappa shape index (κ2) is 9.37. The van der Waals surface area contributed by atoms with Gasteiger partial charge in [-0.3, -0.25) is 10.1 Å². The van der Waals surface area contributed by atoms with Gasteiger partial charge in [0.2, 0.25) is 10.0 Å². The minimum atomic E-state index is -3.78. The lowest BCUT2D eigenvalue weighted by Crippen LogP contribution is -2.29. The Bertz CT molecular complexity index is 952. The van der Waals surface area contributed by atoms with E-state index < -0.39 is 14.9 Å². The molecule has 1 heterocycles. The second-order valence-electron chi connectivity index (χ2n) is 7.42. The molecular weight excluding hydrogens is 390 g/mol. The normalized spacial score (nSPS) is 14.7. The summed E-state index contributed by atoms with van der Waals surface area (Å²) in [6, 6.07) is 12.3. The van der Waals surface area contributed by atoms with Crippen LogP contribution in [0, 0.1) is 17.0 Å². The van der Waals surface area contributed by atoms with Crippen molar-refractivity contribution in [2.75, 3.05) is 24.5 Å². The number of nitro benzene ring substituents is 1. The molecule has 1 aliphatic heterocycles. The highest BCUT2D eigenvalue weighted by Crippen LogP contribution is 2.22. The molecule has 7 nitrogen and oxygen atoms in total. The van der Waals surface area contributed by atoms with Crippen LogP contribution in [0.5, 0.6) is 0 Å². The van der Waals surface area contributed by atoms with Gasteiger partial charge in [0.05, 0.1) is 9.82 Å². The van der Waals surface area contributed by atoms with E-state index in [1.54, 1.807) is 6.92 Å². The average molecular weight is 418 g/mol. The van der Waals surface area contributed by atoms with E-state index in [4.69, 9.17) is 0 Å². The van der Waals surface area contributed by atoms with Crippen LogP contribution in [-0.2, 0) is 16.4 Å². The number of benzene rings is 2. The smallest absolute Gasteiger partial charge is 0.270 e. The maximum atomic E-state index is 12.5. The zero-order valence-electron chi connectivity index (χ0n) is 16.6.